The van der Waals surface area contributed by atoms with Crippen LogP contribution in [0.5, 0.6) is 0 Å². The van der Waals surface area contributed by atoms with Crippen molar-refractivity contribution in [3.05, 3.63) is 28.6 Å². The van der Waals surface area contributed by atoms with Crippen LogP contribution in [0.15, 0.2) is 12.7 Å². The van der Waals surface area contributed by atoms with Gasteiger partial charge in [-0.15, -0.1) is 10.2 Å². The van der Waals surface area contributed by atoms with Crippen LogP contribution in [0.25, 0.3) is 0 Å². The van der Waals surface area contributed by atoms with Gasteiger partial charge < -0.3 is 15.3 Å². The van der Waals surface area contributed by atoms with Gasteiger partial charge in [0, 0.05) is 20.0 Å². The number of nitrogens with two attached hydrogens (primary N) is 1. The van der Waals surface area contributed by atoms with Crippen LogP contribution in [0.4, 0.5) is 17.3 Å². The van der Waals surface area contributed by atoms with E-state index >= 15 is 0 Å². The molecule has 0 amide bonds. The number of nitrogens with zero attached hydrogens (tertiary/aromatic N) is 6. The minimum atomic E-state index is -0.597. The van der Waals surface area contributed by atoms with Crippen LogP contribution in [-0.2, 0) is 13.5 Å². The van der Waals surface area contributed by atoms with Gasteiger partial charge in [0.15, 0.2) is 0 Å². The summed E-state index contributed by atoms with van der Waals surface area (Å²) in [6.45, 7) is 0.411. The largest absolute Gasteiger partial charge is 0.364 e. The summed E-state index contributed by atoms with van der Waals surface area (Å²) in [7, 11) is 1.82. The second-order valence-electron chi connectivity index (χ2n) is 3.86. The standard InChI is InChI=1S/C9H13N9O2/c1-17-5-14-16-6(17)2-3-11-8-7(18(19)20)9(15-10)13-4-12-8/h4-5H,2-3,10H2,1H3,(H2,11,12,13,15). The van der Waals surface area contributed by atoms with Crippen molar-refractivity contribution < 1.29 is 4.92 Å². The number of nitro groups is 1. The smallest absolute Gasteiger partial charge is 0.354 e. The Hall–Kier alpha value is -2.82. The highest BCUT2D eigenvalue weighted by molar-refractivity contribution is 5.68. The first-order valence-corrected chi connectivity index (χ1v) is 5.66. The number of aromatic nitrogens is 5. The molecule has 0 atom stereocenters. The Bertz CT molecular complexity index is 611. The third-order valence-electron chi connectivity index (χ3n) is 2.59. The SMILES string of the molecule is Cn1cnnc1CCNc1ncnc(NN)c1[N+](=O)[O-]. The van der Waals surface area contributed by atoms with Gasteiger partial charge in [0.05, 0.1) is 4.92 Å². The van der Waals surface area contributed by atoms with Crippen LogP contribution in [0, 0.1) is 10.1 Å². The van der Waals surface area contributed by atoms with E-state index in [2.05, 4.69) is 30.9 Å². The third-order valence-corrected chi connectivity index (χ3v) is 2.59. The van der Waals surface area contributed by atoms with Gasteiger partial charge in [-0.25, -0.2) is 15.8 Å². The molecule has 0 fully saturated rings. The van der Waals surface area contributed by atoms with Crippen molar-refractivity contribution in [3.63, 3.8) is 0 Å². The van der Waals surface area contributed by atoms with Gasteiger partial charge in [-0.05, 0) is 0 Å². The molecule has 2 aromatic rings. The maximum absolute atomic E-state index is 11.0. The molecule has 106 valence electrons. The zero-order chi connectivity index (χ0) is 14.5. The van der Waals surface area contributed by atoms with E-state index in [0.717, 1.165) is 5.82 Å². The minimum absolute atomic E-state index is 0.0499. The lowest BCUT2D eigenvalue weighted by molar-refractivity contribution is -0.383. The molecule has 20 heavy (non-hydrogen) atoms. The number of nitrogen functional groups attached to an aromatic ring is 1. The summed E-state index contributed by atoms with van der Waals surface area (Å²) in [5.74, 6) is 5.99. The van der Waals surface area contributed by atoms with E-state index in [1.54, 1.807) is 10.9 Å². The lowest BCUT2D eigenvalue weighted by Crippen LogP contribution is -2.15. The molecule has 0 aliphatic rings. The quantitative estimate of drug-likeness (QED) is 0.359. The monoisotopic (exact) mass is 279 g/mol. The highest BCUT2D eigenvalue weighted by Gasteiger charge is 2.22. The molecule has 11 nitrogen and oxygen atoms in total. The van der Waals surface area contributed by atoms with Crippen LogP contribution < -0.4 is 16.6 Å². The summed E-state index contributed by atoms with van der Waals surface area (Å²) in [6, 6.07) is 0. The fourth-order valence-electron chi connectivity index (χ4n) is 1.61. The fraction of sp³-hybridized carbons (Fsp3) is 0.333. The van der Waals surface area contributed by atoms with Gasteiger partial charge in [-0.3, -0.25) is 10.1 Å². The summed E-state index contributed by atoms with van der Waals surface area (Å²) >= 11 is 0. The van der Waals surface area contributed by atoms with Gasteiger partial charge in [0.25, 0.3) is 0 Å². The molecule has 0 spiro atoms. The van der Waals surface area contributed by atoms with Crippen molar-refractivity contribution in [2.75, 3.05) is 17.3 Å². The van der Waals surface area contributed by atoms with Gasteiger partial charge in [0.2, 0.25) is 11.6 Å². The van der Waals surface area contributed by atoms with Crippen molar-refractivity contribution in [2.24, 2.45) is 12.9 Å². The lowest BCUT2D eigenvalue weighted by atomic mass is 10.3. The number of hydrogen-bond donors (Lipinski definition) is 3. The van der Waals surface area contributed by atoms with E-state index in [1.807, 2.05) is 7.05 Å². The molecule has 0 radical (unpaired) electrons. The first-order chi connectivity index (χ1) is 9.63. The second-order valence-corrected chi connectivity index (χ2v) is 3.86. The zero-order valence-corrected chi connectivity index (χ0v) is 10.6. The number of aryl methyl sites for hydroxylation is 1. The molecular formula is C9H13N9O2. The third kappa shape index (κ3) is 2.77. The number of rotatable bonds is 6. The number of hydrazine groups is 1. The molecule has 0 bridgehead atoms. The topological polar surface area (TPSA) is 150 Å². The second kappa shape index (κ2) is 5.88. The van der Waals surface area contributed by atoms with Gasteiger partial charge >= 0.3 is 5.69 Å². The number of anilines is 2. The Kier molecular flexibility index (Phi) is 4.00. The summed E-state index contributed by atoms with van der Waals surface area (Å²) in [5.41, 5.74) is 1.87. The van der Waals surface area contributed by atoms with E-state index in [9.17, 15) is 10.1 Å². The van der Waals surface area contributed by atoms with E-state index in [1.165, 1.54) is 6.33 Å². The number of nitrogens with one attached hydrogen (secondary N) is 2. The van der Waals surface area contributed by atoms with Crippen LogP contribution >= 0.6 is 0 Å². The minimum Gasteiger partial charge on any atom is -0.364 e. The van der Waals surface area contributed by atoms with Gasteiger partial charge in [-0.1, -0.05) is 0 Å². The molecule has 0 aliphatic carbocycles. The summed E-state index contributed by atoms with van der Waals surface area (Å²) in [6.07, 6.45) is 3.31. The summed E-state index contributed by atoms with van der Waals surface area (Å²) < 4.78 is 1.77. The lowest BCUT2D eigenvalue weighted by Gasteiger charge is -2.07. The van der Waals surface area contributed by atoms with Crippen molar-refractivity contribution in [1.29, 1.82) is 0 Å². The van der Waals surface area contributed by atoms with Crippen molar-refractivity contribution in [3.8, 4) is 0 Å². The predicted octanol–water partition coefficient (Wildman–Crippen LogP) is -0.546. The molecule has 0 aromatic carbocycles. The van der Waals surface area contributed by atoms with E-state index in [-0.39, 0.29) is 17.3 Å². The van der Waals surface area contributed by atoms with Crippen molar-refractivity contribution in [1.82, 2.24) is 24.7 Å². The molecule has 0 saturated heterocycles. The van der Waals surface area contributed by atoms with E-state index in [0.29, 0.717) is 13.0 Å². The molecule has 2 heterocycles. The molecule has 2 aromatic heterocycles. The fourth-order valence-corrected chi connectivity index (χ4v) is 1.61. The average molecular weight is 279 g/mol. The summed E-state index contributed by atoms with van der Waals surface area (Å²) in [5, 5.41) is 21.5. The molecule has 0 unspecified atom stereocenters. The van der Waals surface area contributed by atoms with Crippen LogP contribution in [0.3, 0.4) is 0 Å². The first kappa shape index (κ1) is 13.6. The average Bonchev–Trinajstić information content (AvgIpc) is 2.84. The first-order valence-electron chi connectivity index (χ1n) is 5.66. The molecule has 11 heteroatoms. The predicted molar refractivity (Wildman–Crippen MR) is 69.7 cm³/mol. The highest BCUT2D eigenvalue weighted by Crippen LogP contribution is 2.27. The van der Waals surface area contributed by atoms with E-state index < -0.39 is 4.92 Å². The van der Waals surface area contributed by atoms with E-state index in [4.69, 9.17) is 5.84 Å². The molecule has 4 N–H and O–H groups in total. The highest BCUT2D eigenvalue weighted by atomic mass is 16.6. The van der Waals surface area contributed by atoms with Crippen LogP contribution in [0.2, 0.25) is 0 Å². The Morgan fingerprint density at radius 1 is 1.45 bits per heavy atom. The molecule has 0 aliphatic heterocycles. The van der Waals surface area contributed by atoms with Crippen molar-refractivity contribution in [2.45, 2.75) is 6.42 Å². The Labute approximate surface area is 113 Å². The molecular weight excluding hydrogens is 266 g/mol. The maximum atomic E-state index is 11.0. The van der Waals surface area contributed by atoms with Gasteiger partial charge in [-0.2, -0.15) is 0 Å². The van der Waals surface area contributed by atoms with Crippen LogP contribution in [-0.4, -0.2) is 36.2 Å². The molecule has 2 rings (SSSR count). The Morgan fingerprint density at radius 3 is 2.80 bits per heavy atom. The normalized spacial score (nSPS) is 10.3. The van der Waals surface area contributed by atoms with Crippen LogP contribution in [0.1, 0.15) is 5.82 Å². The number of hydrogen-bond acceptors (Lipinski definition) is 9. The maximum Gasteiger partial charge on any atom is 0.354 e. The Balaban J connectivity index is 2.09. The van der Waals surface area contributed by atoms with Gasteiger partial charge in [0.1, 0.15) is 18.5 Å². The Morgan fingerprint density at radius 2 is 2.20 bits per heavy atom. The summed E-state index contributed by atoms with van der Waals surface area (Å²) in [4.78, 5) is 18.0. The zero-order valence-electron chi connectivity index (χ0n) is 10.6. The van der Waals surface area contributed by atoms with Crippen molar-refractivity contribution >= 4 is 17.3 Å². The molecule has 0 saturated carbocycles.